The number of hydrogen-bond donors (Lipinski definition) is 0. The van der Waals surface area contributed by atoms with Crippen LogP contribution in [0.5, 0.6) is 5.75 Å². The largest absolute Gasteiger partial charge is 0.462 e. The van der Waals surface area contributed by atoms with Gasteiger partial charge >= 0.3 is 0 Å². The molecule has 0 fully saturated rings. The third kappa shape index (κ3) is 3.46. The highest BCUT2D eigenvalue weighted by Gasteiger charge is 2.48. The van der Waals surface area contributed by atoms with Crippen molar-refractivity contribution in [2.24, 2.45) is 5.10 Å². The number of rotatable bonds is 3. The van der Waals surface area contributed by atoms with Crippen molar-refractivity contribution >= 4 is 21.6 Å². The van der Waals surface area contributed by atoms with Crippen molar-refractivity contribution in [2.45, 2.75) is 25.1 Å². The Balaban J connectivity index is 1.40. The molecule has 0 radical (unpaired) electrons. The van der Waals surface area contributed by atoms with Gasteiger partial charge in [-0.2, -0.15) is 5.10 Å². The average Bonchev–Trinajstić information content (AvgIpc) is 3.32. The molecule has 0 N–H and O–H groups in total. The van der Waals surface area contributed by atoms with Crippen LogP contribution in [0.25, 0.3) is 11.1 Å². The predicted molar refractivity (Wildman–Crippen MR) is 136 cm³/mol. The van der Waals surface area contributed by atoms with E-state index in [1.165, 1.54) is 16.7 Å². The maximum atomic E-state index is 6.62. The van der Waals surface area contributed by atoms with E-state index < -0.39 is 5.72 Å². The van der Waals surface area contributed by atoms with Crippen LogP contribution < -0.4 is 4.74 Å². The molecule has 3 nitrogen and oxygen atoms in total. The fourth-order valence-electron chi connectivity index (χ4n) is 4.87. The summed E-state index contributed by atoms with van der Waals surface area (Å²) in [6, 6.07) is 36.0. The van der Waals surface area contributed by atoms with Crippen molar-refractivity contribution in [1.82, 2.24) is 5.01 Å². The minimum atomic E-state index is -0.689. The van der Waals surface area contributed by atoms with E-state index in [0.717, 1.165) is 33.5 Å². The molecule has 0 aliphatic carbocycles. The third-order valence-electron chi connectivity index (χ3n) is 6.64. The van der Waals surface area contributed by atoms with E-state index in [4.69, 9.17) is 9.84 Å². The molecule has 6 rings (SSSR count). The Labute approximate surface area is 202 Å². The van der Waals surface area contributed by atoms with Gasteiger partial charge in [-0.05, 0) is 34.9 Å². The number of benzene rings is 4. The molecule has 0 aromatic heterocycles. The van der Waals surface area contributed by atoms with Crippen molar-refractivity contribution in [3.05, 3.63) is 124 Å². The van der Waals surface area contributed by atoms with Gasteiger partial charge in [0.2, 0.25) is 5.72 Å². The molecular weight excluding hydrogens is 472 g/mol. The number of fused-ring (bicyclic) bond motifs is 3. The van der Waals surface area contributed by atoms with Gasteiger partial charge in [0.15, 0.2) is 0 Å². The SMILES string of the molecule is C[C@@]1(c2ccc(Br)cc2)Oc2ccccc2[C@H]2CC(c3ccc(-c4ccccc4)cc3)=NN21. The molecule has 0 saturated carbocycles. The molecule has 4 aromatic rings. The minimum absolute atomic E-state index is 0.132. The lowest BCUT2D eigenvalue weighted by molar-refractivity contribution is -0.112. The Morgan fingerprint density at radius 2 is 1.42 bits per heavy atom. The van der Waals surface area contributed by atoms with E-state index in [1.54, 1.807) is 0 Å². The lowest BCUT2D eigenvalue weighted by Crippen LogP contribution is -2.48. The third-order valence-corrected chi connectivity index (χ3v) is 7.17. The predicted octanol–water partition coefficient (Wildman–Crippen LogP) is 7.53. The van der Waals surface area contributed by atoms with E-state index in [-0.39, 0.29) is 6.04 Å². The fourth-order valence-corrected chi connectivity index (χ4v) is 5.13. The van der Waals surface area contributed by atoms with Gasteiger partial charge in [-0.25, -0.2) is 5.01 Å². The number of hydrogen-bond acceptors (Lipinski definition) is 3. The molecule has 162 valence electrons. The second kappa shape index (κ2) is 7.89. The molecule has 0 saturated heterocycles. The van der Waals surface area contributed by atoms with Crippen LogP contribution in [0.2, 0.25) is 0 Å². The molecule has 4 heteroatoms. The summed E-state index contributed by atoms with van der Waals surface area (Å²) in [5.41, 5.74) is 6.25. The Kier molecular flexibility index (Phi) is 4.84. The zero-order valence-electron chi connectivity index (χ0n) is 18.3. The summed E-state index contributed by atoms with van der Waals surface area (Å²) in [6.07, 6.45) is 0.844. The first-order chi connectivity index (χ1) is 16.1. The second-order valence-electron chi connectivity index (χ2n) is 8.68. The highest BCUT2D eigenvalue weighted by molar-refractivity contribution is 9.10. The average molecular weight is 495 g/mol. The summed E-state index contributed by atoms with van der Waals surface area (Å²) < 4.78 is 7.67. The molecule has 0 unspecified atom stereocenters. The topological polar surface area (TPSA) is 24.8 Å². The maximum absolute atomic E-state index is 6.62. The molecule has 2 aliphatic rings. The van der Waals surface area contributed by atoms with E-state index in [0.29, 0.717) is 0 Å². The van der Waals surface area contributed by atoms with Gasteiger partial charge in [-0.15, -0.1) is 0 Å². The Morgan fingerprint density at radius 3 is 2.18 bits per heavy atom. The van der Waals surface area contributed by atoms with E-state index in [9.17, 15) is 0 Å². The number of halogens is 1. The molecule has 2 aliphatic heterocycles. The van der Waals surface area contributed by atoms with Crippen molar-refractivity contribution in [3.63, 3.8) is 0 Å². The van der Waals surface area contributed by atoms with Gasteiger partial charge in [0.05, 0.1) is 11.8 Å². The van der Waals surface area contributed by atoms with E-state index in [2.05, 4.69) is 119 Å². The summed E-state index contributed by atoms with van der Waals surface area (Å²) in [6.45, 7) is 2.12. The van der Waals surface area contributed by atoms with Gasteiger partial charge in [0, 0.05) is 28.9 Å². The van der Waals surface area contributed by atoms with Gasteiger partial charge in [0.1, 0.15) is 5.75 Å². The van der Waals surface area contributed by atoms with Crippen LogP contribution in [0.15, 0.2) is 113 Å². The zero-order chi connectivity index (χ0) is 22.4. The first-order valence-electron chi connectivity index (χ1n) is 11.2. The van der Waals surface area contributed by atoms with Crippen LogP contribution in [0, 0.1) is 0 Å². The van der Waals surface area contributed by atoms with Gasteiger partial charge in [0.25, 0.3) is 0 Å². The Bertz CT molecular complexity index is 1330. The van der Waals surface area contributed by atoms with Crippen molar-refractivity contribution < 1.29 is 4.74 Å². The van der Waals surface area contributed by atoms with Gasteiger partial charge in [-0.1, -0.05) is 101 Å². The summed E-state index contributed by atoms with van der Waals surface area (Å²) in [4.78, 5) is 0. The summed E-state index contributed by atoms with van der Waals surface area (Å²) in [7, 11) is 0. The molecule has 2 atom stereocenters. The van der Waals surface area contributed by atoms with Crippen LogP contribution in [0.1, 0.15) is 36.1 Å². The lowest BCUT2D eigenvalue weighted by Gasteiger charge is -2.46. The van der Waals surface area contributed by atoms with Gasteiger partial charge < -0.3 is 4.74 Å². The number of para-hydroxylation sites is 1. The van der Waals surface area contributed by atoms with Crippen molar-refractivity contribution in [3.8, 4) is 16.9 Å². The van der Waals surface area contributed by atoms with Crippen LogP contribution >= 0.6 is 15.9 Å². The van der Waals surface area contributed by atoms with Crippen molar-refractivity contribution in [2.75, 3.05) is 0 Å². The standard InChI is InChI=1S/C29H23BrN2O/c1-29(23-15-17-24(30)18-16-23)32-27(25-9-5-6-10-28(25)33-29)19-26(31-32)22-13-11-21(12-14-22)20-7-3-2-4-8-20/h2-18,27H,19H2,1H3/t27-,29+/m1/s1. The summed E-state index contributed by atoms with van der Waals surface area (Å²) in [5.74, 6) is 0.931. The minimum Gasteiger partial charge on any atom is -0.462 e. The number of ether oxygens (including phenoxy) is 1. The first-order valence-corrected chi connectivity index (χ1v) is 12.0. The molecular formula is C29H23BrN2O. The highest BCUT2D eigenvalue weighted by Crippen LogP contribution is 2.50. The number of hydrazone groups is 1. The Hall–Kier alpha value is -3.37. The number of nitrogens with zero attached hydrogens (tertiary/aromatic N) is 2. The first kappa shape index (κ1) is 20.3. The normalized spacial score (nSPS) is 21.1. The molecule has 4 aromatic carbocycles. The lowest BCUT2D eigenvalue weighted by atomic mass is 9.92. The van der Waals surface area contributed by atoms with Crippen LogP contribution in [0.4, 0.5) is 0 Å². The quantitative estimate of drug-likeness (QED) is 0.294. The monoisotopic (exact) mass is 494 g/mol. The van der Waals surface area contributed by atoms with Gasteiger partial charge in [-0.3, -0.25) is 0 Å². The molecule has 0 bridgehead atoms. The molecule has 0 spiro atoms. The van der Waals surface area contributed by atoms with Crippen LogP contribution in [-0.2, 0) is 5.72 Å². The highest BCUT2D eigenvalue weighted by atomic mass is 79.9. The fraction of sp³-hybridized carbons (Fsp3) is 0.138. The van der Waals surface area contributed by atoms with Crippen LogP contribution in [-0.4, -0.2) is 10.7 Å². The van der Waals surface area contributed by atoms with Crippen molar-refractivity contribution in [1.29, 1.82) is 0 Å². The maximum Gasteiger partial charge on any atom is 0.221 e. The van der Waals surface area contributed by atoms with Crippen LogP contribution in [0.3, 0.4) is 0 Å². The molecule has 33 heavy (non-hydrogen) atoms. The molecule has 0 amide bonds. The summed E-state index contributed by atoms with van der Waals surface area (Å²) in [5, 5.41) is 7.30. The zero-order valence-corrected chi connectivity index (χ0v) is 19.9. The smallest absolute Gasteiger partial charge is 0.221 e. The van der Waals surface area contributed by atoms with E-state index >= 15 is 0 Å². The van der Waals surface area contributed by atoms with E-state index in [1.807, 2.05) is 12.1 Å². The summed E-state index contributed by atoms with van der Waals surface area (Å²) >= 11 is 3.55. The Morgan fingerprint density at radius 1 is 0.788 bits per heavy atom. The molecule has 2 heterocycles. The second-order valence-corrected chi connectivity index (χ2v) is 9.60.